The van der Waals surface area contributed by atoms with E-state index in [1.54, 1.807) is 0 Å². The van der Waals surface area contributed by atoms with Gasteiger partial charge in [0.1, 0.15) is 0 Å². The minimum atomic E-state index is -0.501. The van der Waals surface area contributed by atoms with Crippen molar-refractivity contribution in [3.8, 4) is 55.6 Å². The normalized spacial score (nSPS) is 14.2. The van der Waals surface area contributed by atoms with Gasteiger partial charge < -0.3 is 4.90 Å². The molecule has 0 aliphatic heterocycles. The highest BCUT2D eigenvalue weighted by Crippen LogP contribution is 2.65. The van der Waals surface area contributed by atoms with Gasteiger partial charge in [-0.15, -0.1) is 0 Å². The second-order valence-corrected chi connectivity index (χ2v) is 17.8. The predicted molar refractivity (Wildman–Crippen MR) is 255 cm³/mol. The van der Waals surface area contributed by atoms with E-state index in [1.165, 1.54) is 100 Å². The molecule has 1 nitrogen and oxygen atoms in total. The molecule has 0 saturated carbocycles. The Morgan fingerprint density at radius 2 is 0.770 bits per heavy atom. The summed E-state index contributed by atoms with van der Waals surface area (Å²) in [7, 11) is 0. The van der Waals surface area contributed by atoms with Crippen LogP contribution in [-0.2, 0) is 10.8 Å². The first-order valence-electron chi connectivity index (χ1n) is 21.6. The van der Waals surface area contributed by atoms with E-state index < -0.39 is 5.41 Å². The average Bonchev–Trinajstić information content (AvgIpc) is 3.84. The Hall–Kier alpha value is -7.22. The zero-order chi connectivity index (χ0) is 41.0. The van der Waals surface area contributed by atoms with Crippen LogP contribution in [0.5, 0.6) is 0 Å². The second kappa shape index (κ2) is 13.1. The summed E-state index contributed by atoms with van der Waals surface area (Å²) in [6, 6.07) is 75.4. The fourth-order valence-electron chi connectivity index (χ4n) is 11.2. The maximum Gasteiger partial charge on any atom is 0.0726 e. The van der Waals surface area contributed by atoms with E-state index in [1.807, 2.05) is 0 Å². The third-order valence-corrected chi connectivity index (χ3v) is 14.0. The van der Waals surface area contributed by atoms with Gasteiger partial charge in [-0.2, -0.15) is 0 Å². The molecule has 0 amide bonds. The Morgan fingerprint density at radius 3 is 1.44 bits per heavy atom. The van der Waals surface area contributed by atoms with Crippen molar-refractivity contribution < 1.29 is 0 Å². The van der Waals surface area contributed by atoms with Gasteiger partial charge in [0.15, 0.2) is 0 Å². The topological polar surface area (TPSA) is 3.24 Å². The SMILES string of the molecule is Cc1ccc2c(c1)C1(c3cc(C)ccc3-2)c2cc(N(c3ccc(-c4ccccc4)cc3)c3ccc4c(c3)C(C)(C)c3ccccc3-4)ccc2-c2c(-c3ccccc3)cccc21. The molecule has 61 heavy (non-hydrogen) atoms. The van der Waals surface area contributed by atoms with Crippen molar-refractivity contribution in [3.05, 3.63) is 245 Å². The molecule has 0 radical (unpaired) electrons. The van der Waals surface area contributed by atoms with Crippen LogP contribution >= 0.6 is 0 Å². The van der Waals surface area contributed by atoms with Crippen LogP contribution in [0.1, 0.15) is 58.4 Å². The van der Waals surface area contributed by atoms with Crippen LogP contribution < -0.4 is 4.90 Å². The lowest BCUT2D eigenvalue weighted by atomic mass is 9.70. The summed E-state index contributed by atoms with van der Waals surface area (Å²) < 4.78 is 0. The van der Waals surface area contributed by atoms with Crippen LogP contribution in [0, 0.1) is 13.8 Å². The average molecular weight is 780 g/mol. The molecule has 0 saturated heterocycles. The van der Waals surface area contributed by atoms with E-state index in [-0.39, 0.29) is 5.41 Å². The third kappa shape index (κ3) is 5.07. The highest BCUT2D eigenvalue weighted by Gasteiger charge is 2.52. The molecule has 1 heteroatoms. The van der Waals surface area contributed by atoms with Crippen molar-refractivity contribution in [2.45, 2.75) is 38.5 Å². The molecule has 0 heterocycles. The molecule has 0 N–H and O–H groups in total. The Balaban J connectivity index is 1.14. The molecular weight excluding hydrogens is 735 g/mol. The number of rotatable bonds is 5. The van der Waals surface area contributed by atoms with Gasteiger partial charge in [0.05, 0.1) is 5.41 Å². The van der Waals surface area contributed by atoms with Gasteiger partial charge in [-0.25, -0.2) is 0 Å². The van der Waals surface area contributed by atoms with Gasteiger partial charge in [0.25, 0.3) is 0 Å². The number of nitrogens with zero attached hydrogens (tertiary/aromatic N) is 1. The van der Waals surface area contributed by atoms with Gasteiger partial charge in [-0.1, -0.05) is 189 Å². The molecule has 0 atom stereocenters. The molecule has 0 bridgehead atoms. The maximum atomic E-state index is 2.53. The molecule has 9 aromatic carbocycles. The minimum Gasteiger partial charge on any atom is -0.310 e. The first-order chi connectivity index (χ1) is 29.8. The monoisotopic (exact) mass is 779 g/mol. The first-order valence-corrected chi connectivity index (χ1v) is 21.6. The Morgan fingerprint density at radius 1 is 0.311 bits per heavy atom. The molecule has 0 fully saturated rings. The molecule has 3 aliphatic carbocycles. The summed E-state index contributed by atoms with van der Waals surface area (Å²) in [5.74, 6) is 0. The number of fused-ring (bicyclic) bond motifs is 13. The van der Waals surface area contributed by atoms with E-state index in [4.69, 9.17) is 0 Å². The predicted octanol–water partition coefficient (Wildman–Crippen LogP) is 15.8. The van der Waals surface area contributed by atoms with E-state index in [9.17, 15) is 0 Å². The van der Waals surface area contributed by atoms with E-state index in [0.717, 1.165) is 17.1 Å². The van der Waals surface area contributed by atoms with Crippen LogP contribution in [0.2, 0.25) is 0 Å². The molecule has 0 unspecified atom stereocenters. The molecule has 9 aromatic rings. The number of hydrogen-bond donors (Lipinski definition) is 0. The number of aryl methyl sites for hydroxylation is 2. The van der Waals surface area contributed by atoms with Crippen molar-refractivity contribution in [1.82, 2.24) is 0 Å². The van der Waals surface area contributed by atoms with Crippen molar-refractivity contribution in [2.75, 3.05) is 4.90 Å². The lowest BCUT2D eigenvalue weighted by molar-refractivity contribution is 0.660. The minimum absolute atomic E-state index is 0.130. The van der Waals surface area contributed by atoms with Crippen LogP contribution in [0.25, 0.3) is 55.6 Å². The smallest absolute Gasteiger partial charge is 0.0726 e. The Labute approximate surface area is 359 Å². The van der Waals surface area contributed by atoms with Gasteiger partial charge in [0, 0.05) is 22.5 Å². The molecular formula is C60H45N. The summed E-state index contributed by atoms with van der Waals surface area (Å²) in [6.07, 6.45) is 0. The number of anilines is 3. The van der Waals surface area contributed by atoms with Crippen molar-refractivity contribution >= 4 is 17.1 Å². The lowest BCUT2D eigenvalue weighted by Gasteiger charge is -2.33. The van der Waals surface area contributed by atoms with Crippen LogP contribution in [-0.4, -0.2) is 0 Å². The van der Waals surface area contributed by atoms with Crippen LogP contribution in [0.15, 0.2) is 200 Å². The van der Waals surface area contributed by atoms with Crippen molar-refractivity contribution in [1.29, 1.82) is 0 Å². The zero-order valence-corrected chi connectivity index (χ0v) is 35.0. The summed E-state index contributed by atoms with van der Waals surface area (Å²) >= 11 is 0. The molecule has 290 valence electrons. The molecule has 0 aromatic heterocycles. The third-order valence-electron chi connectivity index (χ3n) is 14.0. The van der Waals surface area contributed by atoms with Crippen molar-refractivity contribution in [2.24, 2.45) is 0 Å². The number of benzene rings is 9. The quantitative estimate of drug-likeness (QED) is 0.168. The van der Waals surface area contributed by atoms with Gasteiger partial charge in [-0.05, 0) is 139 Å². The summed E-state index contributed by atoms with van der Waals surface area (Å²) in [4.78, 5) is 2.49. The molecule has 12 rings (SSSR count). The Bertz CT molecular complexity index is 3170. The van der Waals surface area contributed by atoms with Gasteiger partial charge in [-0.3, -0.25) is 0 Å². The first kappa shape index (κ1) is 35.7. The number of hydrogen-bond acceptors (Lipinski definition) is 1. The zero-order valence-electron chi connectivity index (χ0n) is 35.0. The van der Waals surface area contributed by atoms with Crippen LogP contribution in [0.4, 0.5) is 17.1 Å². The van der Waals surface area contributed by atoms with E-state index in [2.05, 4.69) is 233 Å². The fourth-order valence-corrected chi connectivity index (χ4v) is 11.2. The summed E-state index contributed by atoms with van der Waals surface area (Å²) in [6.45, 7) is 9.23. The fraction of sp³-hybridized carbons (Fsp3) is 0.100. The summed E-state index contributed by atoms with van der Waals surface area (Å²) in [5.41, 5.74) is 26.4. The largest absolute Gasteiger partial charge is 0.310 e. The highest BCUT2D eigenvalue weighted by molar-refractivity contribution is 6.01. The lowest BCUT2D eigenvalue weighted by Crippen LogP contribution is -2.26. The van der Waals surface area contributed by atoms with E-state index >= 15 is 0 Å². The van der Waals surface area contributed by atoms with Gasteiger partial charge in [0.2, 0.25) is 0 Å². The molecule has 3 aliphatic rings. The summed E-state index contributed by atoms with van der Waals surface area (Å²) in [5, 5.41) is 0. The maximum absolute atomic E-state index is 2.53. The van der Waals surface area contributed by atoms with Crippen LogP contribution in [0.3, 0.4) is 0 Å². The van der Waals surface area contributed by atoms with Crippen molar-refractivity contribution in [3.63, 3.8) is 0 Å². The van der Waals surface area contributed by atoms with Gasteiger partial charge >= 0.3 is 0 Å². The highest BCUT2D eigenvalue weighted by atomic mass is 15.1. The standard InChI is InChI=1S/C60H45N/c1-38-22-30-49-50-31-23-39(2)35-56(50)60(55(49)34-38)53-21-13-19-46(42-16-9-6-10-17-42)58(53)51-33-29-45(37-57(51)60)61(43-26-24-41(25-27-43)40-14-7-5-8-15-40)44-28-32-48-47-18-11-12-20-52(47)59(3,4)54(48)36-44/h5-37H,1-4H3. The van der Waals surface area contributed by atoms with E-state index in [0.29, 0.717) is 0 Å². The Kier molecular flexibility index (Phi) is 7.69. The second-order valence-electron chi connectivity index (χ2n) is 17.8. The molecule has 1 spiro atoms.